The second-order valence-electron chi connectivity index (χ2n) is 5.02. The number of pyridine rings is 1. The molecule has 0 unspecified atom stereocenters. The van der Waals surface area contributed by atoms with Gasteiger partial charge >= 0.3 is 0 Å². The Kier molecular flexibility index (Phi) is 4.59. The van der Waals surface area contributed by atoms with Crippen molar-refractivity contribution in [1.29, 1.82) is 0 Å². The summed E-state index contributed by atoms with van der Waals surface area (Å²) in [6.07, 6.45) is 3.68. The maximum absolute atomic E-state index is 12.6. The zero-order valence-corrected chi connectivity index (χ0v) is 13.5. The molecule has 112 valence electrons. The molecule has 2 heterocycles. The molecule has 0 saturated heterocycles. The Morgan fingerprint density at radius 2 is 2.10 bits per heavy atom. The molecule has 0 radical (unpaired) electrons. The van der Waals surface area contributed by atoms with Crippen molar-refractivity contribution in [2.45, 2.75) is 26.3 Å². The normalized spacial score (nSPS) is 11.0. The monoisotopic (exact) mass is 325 g/mol. The second-order valence-corrected chi connectivity index (χ2v) is 5.46. The minimum Gasteiger partial charge on any atom is -0.333 e. The molecule has 0 N–H and O–H groups in total. The third-order valence-corrected chi connectivity index (χ3v) is 3.86. The van der Waals surface area contributed by atoms with Gasteiger partial charge in [-0.3, -0.25) is 4.79 Å². The van der Waals surface area contributed by atoms with Crippen LogP contribution in [0.5, 0.6) is 0 Å². The largest absolute Gasteiger partial charge is 0.333 e. The summed E-state index contributed by atoms with van der Waals surface area (Å²) in [6.45, 7) is 2.80. The molecule has 0 fully saturated rings. The lowest BCUT2D eigenvalue weighted by molar-refractivity contribution is 0.634. The van der Waals surface area contributed by atoms with Crippen molar-refractivity contribution >= 4 is 45.9 Å². The van der Waals surface area contributed by atoms with Gasteiger partial charge in [0.25, 0.3) is 5.56 Å². The Morgan fingerprint density at radius 1 is 1.33 bits per heavy atom. The maximum Gasteiger partial charge on any atom is 0.279 e. The summed E-state index contributed by atoms with van der Waals surface area (Å²) in [4.78, 5) is 16.9. The SMILES string of the molecule is CCCCn1c(=O)c2ncn(C)c2c2ccc(Cl)cc21.Cl. The Hall–Kier alpha value is -1.52. The first kappa shape index (κ1) is 15.9. The third kappa shape index (κ3) is 2.54. The number of rotatable bonds is 3. The predicted octanol–water partition coefficient (Wildman–Crippen LogP) is 3.76. The summed E-state index contributed by atoms with van der Waals surface area (Å²) in [5.74, 6) is 0. The van der Waals surface area contributed by atoms with Gasteiger partial charge in [-0.1, -0.05) is 24.9 Å². The van der Waals surface area contributed by atoms with E-state index in [0.717, 1.165) is 29.3 Å². The second kappa shape index (κ2) is 6.08. The molecule has 3 rings (SSSR count). The van der Waals surface area contributed by atoms with Gasteiger partial charge in [-0.15, -0.1) is 12.4 Å². The third-order valence-electron chi connectivity index (χ3n) is 3.63. The Balaban J connectivity index is 0.00000161. The van der Waals surface area contributed by atoms with Crippen LogP contribution in [0.4, 0.5) is 0 Å². The Labute approximate surface area is 133 Å². The number of aryl methyl sites for hydroxylation is 2. The number of fused-ring (bicyclic) bond motifs is 3. The number of aromatic nitrogens is 3. The summed E-state index contributed by atoms with van der Waals surface area (Å²) < 4.78 is 3.68. The zero-order chi connectivity index (χ0) is 14.3. The summed E-state index contributed by atoms with van der Waals surface area (Å²) in [5.41, 5.74) is 2.24. The topological polar surface area (TPSA) is 39.8 Å². The van der Waals surface area contributed by atoms with Crippen LogP contribution in [0, 0.1) is 0 Å². The number of hydrogen-bond donors (Lipinski definition) is 0. The number of hydrogen-bond acceptors (Lipinski definition) is 2. The first-order valence-electron chi connectivity index (χ1n) is 6.76. The molecule has 0 aliphatic rings. The minimum absolute atomic E-state index is 0. The quantitative estimate of drug-likeness (QED) is 0.735. The number of nitrogens with zero attached hydrogens (tertiary/aromatic N) is 3. The van der Waals surface area contributed by atoms with E-state index in [1.54, 1.807) is 10.9 Å². The van der Waals surface area contributed by atoms with Crippen molar-refractivity contribution in [2.24, 2.45) is 7.05 Å². The van der Waals surface area contributed by atoms with Crippen molar-refractivity contribution in [3.05, 3.63) is 39.9 Å². The van der Waals surface area contributed by atoms with Gasteiger partial charge in [0, 0.05) is 24.0 Å². The highest BCUT2D eigenvalue weighted by Crippen LogP contribution is 2.25. The molecule has 0 aliphatic carbocycles. The van der Waals surface area contributed by atoms with Gasteiger partial charge in [-0.25, -0.2) is 4.98 Å². The molecule has 0 bridgehead atoms. The van der Waals surface area contributed by atoms with Gasteiger partial charge in [0.1, 0.15) is 0 Å². The average Bonchev–Trinajstić information content (AvgIpc) is 2.81. The van der Waals surface area contributed by atoms with Crippen LogP contribution >= 0.6 is 24.0 Å². The number of unbranched alkanes of at least 4 members (excludes halogenated alkanes) is 1. The van der Waals surface area contributed by atoms with Crippen molar-refractivity contribution < 1.29 is 0 Å². The van der Waals surface area contributed by atoms with E-state index in [0.29, 0.717) is 17.1 Å². The molecule has 0 atom stereocenters. The van der Waals surface area contributed by atoms with Crippen molar-refractivity contribution in [3.63, 3.8) is 0 Å². The number of benzene rings is 1. The Bertz CT molecular complexity index is 851. The molecule has 0 aliphatic heterocycles. The van der Waals surface area contributed by atoms with E-state index in [4.69, 9.17) is 11.6 Å². The molecule has 1 aromatic carbocycles. The average molecular weight is 326 g/mol. The van der Waals surface area contributed by atoms with Crippen LogP contribution in [-0.4, -0.2) is 14.1 Å². The maximum atomic E-state index is 12.6. The van der Waals surface area contributed by atoms with Gasteiger partial charge in [-0.05, 0) is 24.6 Å². The van der Waals surface area contributed by atoms with Crippen molar-refractivity contribution in [1.82, 2.24) is 14.1 Å². The first-order valence-corrected chi connectivity index (χ1v) is 7.14. The van der Waals surface area contributed by atoms with Gasteiger partial charge in [0.2, 0.25) is 0 Å². The minimum atomic E-state index is -0.0381. The highest BCUT2D eigenvalue weighted by atomic mass is 35.5. The highest BCUT2D eigenvalue weighted by Gasteiger charge is 2.14. The van der Waals surface area contributed by atoms with E-state index in [-0.39, 0.29) is 18.0 Å². The first-order chi connectivity index (χ1) is 9.63. The fourth-order valence-corrected chi connectivity index (χ4v) is 2.77. The summed E-state index contributed by atoms with van der Waals surface area (Å²) in [7, 11) is 1.90. The summed E-state index contributed by atoms with van der Waals surface area (Å²) in [6, 6.07) is 5.68. The molecular formula is C15H17Cl2N3O. The van der Waals surface area contributed by atoms with E-state index < -0.39 is 0 Å². The molecule has 21 heavy (non-hydrogen) atoms. The summed E-state index contributed by atoms with van der Waals surface area (Å²) in [5, 5.41) is 1.66. The smallest absolute Gasteiger partial charge is 0.279 e. The molecule has 4 nitrogen and oxygen atoms in total. The molecule has 6 heteroatoms. The molecule has 2 aromatic heterocycles. The van der Waals surface area contributed by atoms with E-state index in [2.05, 4.69) is 11.9 Å². The van der Waals surface area contributed by atoms with E-state index in [9.17, 15) is 4.79 Å². The fourth-order valence-electron chi connectivity index (χ4n) is 2.61. The van der Waals surface area contributed by atoms with Crippen molar-refractivity contribution in [2.75, 3.05) is 0 Å². The van der Waals surface area contributed by atoms with Crippen molar-refractivity contribution in [3.8, 4) is 0 Å². The lowest BCUT2D eigenvalue weighted by atomic mass is 10.1. The summed E-state index contributed by atoms with van der Waals surface area (Å²) >= 11 is 6.10. The van der Waals surface area contributed by atoms with Gasteiger partial charge < -0.3 is 9.13 Å². The lowest BCUT2D eigenvalue weighted by Gasteiger charge is -2.11. The van der Waals surface area contributed by atoms with Crippen LogP contribution in [0.1, 0.15) is 19.8 Å². The van der Waals surface area contributed by atoms with Gasteiger partial charge in [-0.2, -0.15) is 0 Å². The van der Waals surface area contributed by atoms with Crippen LogP contribution in [-0.2, 0) is 13.6 Å². The zero-order valence-electron chi connectivity index (χ0n) is 12.0. The van der Waals surface area contributed by atoms with Gasteiger partial charge in [0.15, 0.2) is 5.52 Å². The number of halogens is 2. The molecule has 0 saturated carbocycles. The fraction of sp³-hybridized carbons (Fsp3) is 0.333. The van der Waals surface area contributed by atoms with E-state index >= 15 is 0 Å². The van der Waals surface area contributed by atoms with E-state index in [1.807, 2.05) is 29.8 Å². The van der Waals surface area contributed by atoms with Crippen LogP contribution < -0.4 is 5.56 Å². The lowest BCUT2D eigenvalue weighted by Crippen LogP contribution is -2.21. The predicted molar refractivity (Wildman–Crippen MR) is 89.6 cm³/mol. The van der Waals surface area contributed by atoms with Crippen LogP contribution in [0.2, 0.25) is 5.02 Å². The van der Waals surface area contributed by atoms with Crippen LogP contribution in [0.25, 0.3) is 21.9 Å². The molecular weight excluding hydrogens is 309 g/mol. The molecule has 0 amide bonds. The standard InChI is InChI=1S/C15H16ClN3O.ClH/c1-3-4-7-19-12-8-10(16)5-6-11(12)14-13(15(19)20)17-9-18(14)2;/h5-6,8-9H,3-4,7H2,1-2H3;1H. The van der Waals surface area contributed by atoms with Crippen LogP contribution in [0.3, 0.4) is 0 Å². The van der Waals surface area contributed by atoms with Gasteiger partial charge in [0.05, 0.1) is 17.4 Å². The van der Waals surface area contributed by atoms with Crippen LogP contribution in [0.15, 0.2) is 29.3 Å². The number of imidazole rings is 1. The van der Waals surface area contributed by atoms with E-state index in [1.165, 1.54) is 0 Å². The Morgan fingerprint density at radius 3 is 2.81 bits per heavy atom. The molecule has 0 spiro atoms. The highest BCUT2D eigenvalue weighted by molar-refractivity contribution is 6.31. The molecule has 3 aromatic rings.